The number of nitrogens with one attached hydrogen (secondary N) is 1. The molecular formula is C14H10Cl2N2OS. The quantitative estimate of drug-likeness (QED) is 0.842. The van der Waals surface area contributed by atoms with Crippen LogP contribution in [0.5, 0.6) is 0 Å². The maximum Gasteiger partial charge on any atom is 0.255 e. The number of para-hydroxylation sites is 1. The summed E-state index contributed by atoms with van der Waals surface area (Å²) in [5.74, 6) is -0.311. The molecule has 6 heteroatoms. The van der Waals surface area contributed by atoms with Gasteiger partial charge in [-0.3, -0.25) is 4.79 Å². The Labute approximate surface area is 131 Å². The minimum Gasteiger partial charge on any atom is -0.389 e. The maximum atomic E-state index is 12.1. The summed E-state index contributed by atoms with van der Waals surface area (Å²) in [6, 6.07) is 11.6. The summed E-state index contributed by atoms with van der Waals surface area (Å²) >= 11 is 16.8. The first kappa shape index (κ1) is 14.8. The number of hydrogen-bond acceptors (Lipinski definition) is 2. The second-order valence-electron chi connectivity index (χ2n) is 3.99. The lowest BCUT2D eigenvalue weighted by atomic mass is 10.1. The first-order valence-corrected chi connectivity index (χ1v) is 6.80. The molecule has 0 aliphatic rings. The Hall–Kier alpha value is -1.62. The zero-order valence-electron chi connectivity index (χ0n) is 10.2. The van der Waals surface area contributed by atoms with E-state index in [-0.39, 0.29) is 10.9 Å². The Morgan fingerprint density at radius 1 is 1.00 bits per heavy atom. The number of thiocarbonyl (C=S) groups is 1. The molecule has 0 aromatic heterocycles. The predicted molar refractivity (Wildman–Crippen MR) is 86.7 cm³/mol. The van der Waals surface area contributed by atoms with Crippen molar-refractivity contribution in [2.45, 2.75) is 0 Å². The Morgan fingerprint density at radius 3 is 2.00 bits per heavy atom. The van der Waals surface area contributed by atoms with Crippen LogP contribution in [0.1, 0.15) is 15.9 Å². The molecule has 102 valence electrons. The minimum atomic E-state index is -0.311. The van der Waals surface area contributed by atoms with Gasteiger partial charge in [-0.15, -0.1) is 0 Å². The topological polar surface area (TPSA) is 55.1 Å². The van der Waals surface area contributed by atoms with Crippen molar-refractivity contribution >= 4 is 52.0 Å². The fourth-order valence-corrected chi connectivity index (χ4v) is 2.22. The number of anilines is 1. The summed E-state index contributed by atoms with van der Waals surface area (Å²) in [5, 5.41) is 3.44. The van der Waals surface area contributed by atoms with Gasteiger partial charge in [0.15, 0.2) is 0 Å². The van der Waals surface area contributed by atoms with Gasteiger partial charge in [-0.05, 0) is 24.3 Å². The third-order valence-electron chi connectivity index (χ3n) is 2.63. The molecule has 3 N–H and O–H groups in total. The van der Waals surface area contributed by atoms with Crippen LogP contribution in [0, 0.1) is 0 Å². The number of carbonyl (C=O) groups is 1. The predicted octanol–water partition coefficient (Wildman–Crippen LogP) is 3.88. The van der Waals surface area contributed by atoms with Crippen LogP contribution in [0.15, 0.2) is 42.5 Å². The van der Waals surface area contributed by atoms with Gasteiger partial charge in [0.05, 0.1) is 15.7 Å². The van der Waals surface area contributed by atoms with E-state index in [2.05, 4.69) is 5.32 Å². The van der Waals surface area contributed by atoms with Crippen LogP contribution in [0.3, 0.4) is 0 Å². The van der Waals surface area contributed by atoms with Gasteiger partial charge in [0.1, 0.15) is 4.99 Å². The van der Waals surface area contributed by atoms with E-state index < -0.39 is 0 Å². The summed E-state index contributed by atoms with van der Waals surface area (Å²) in [7, 11) is 0. The average Bonchev–Trinajstić information content (AvgIpc) is 2.43. The lowest BCUT2D eigenvalue weighted by Gasteiger charge is -2.09. The third-order valence-corrected chi connectivity index (χ3v) is 3.50. The van der Waals surface area contributed by atoms with E-state index in [0.29, 0.717) is 26.9 Å². The molecule has 0 spiro atoms. The van der Waals surface area contributed by atoms with Gasteiger partial charge in [0.25, 0.3) is 5.91 Å². The summed E-state index contributed by atoms with van der Waals surface area (Å²) in [5.41, 5.74) is 7.05. The smallest absolute Gasteiger partial charge is 0.255 e. The van der Waals surface area contributed by atoms with E-state index in [1.165, 1.54) is 0 Å². The van der Waals surface area contributed by atoms with Gasteiger partial charge >= 0.3 is 0 Å². The molecule has 0 aliphatic carbocycles. The van der Waals surface area contributed by atoms with Crippen molar-refractivity contribution in [2.24, 2.45) is 5.73 Å². The van der Waals surface area contributed by atoms with Crippen LogP contribution in [-0.4, -0.2) is 10.9 Å². The molecule has 2 aromatic rings. The number of amides is 1. The van der Waals surface area contributed by atoms with Gasteiger partial charge in [-0.2, -0.15) is 0 Å². The lowest BCUT2D eigenvalue weighted by molar-refractivity contribution is 0.102. The molecule has 0 saturated carbocycles. The van der Waals surface area contributed by atoms with Gasteiger partial charge < -0.3 is 11.1 Å². The highest BCUT2D eigenvalue weighted by Gasteiger charge is 2.11. The van der Waals surface area contributed by atoms with Crippen LogP contribution in [0.4, 0.5) is 5.69 Å². The van der Waals surface area contributed by atoms with Crippen LogP contribution in [0.25, 0.3) is 0 Å². The van der Waals surface area contributed by atoms with Crippen LogP contribution in [-0.2, 0) is 0 Å². The third kappa shape index (κ3) is 3.28. The first-order chi connectivity index (χ1) is 9.49. The van der Waals surface area contributed by atoms with Gasteiger partial charge in [-0.25, -0.2) is 0 Å². The van der Waals surface area contributed by atoms with Crippen LogP contribution < -0.4 is 11.1 Å². The monoisotopic (exact) mass is 324 g/mol. The van der Waals surface area contributed by atoms with E-state index in [0.717, 1.165) is 0 Å². The van der Waals surface area contributed by atoms with Gasteiger partial charge in [0.2, 0.25) is 0 Å². The number of rotatable bonds is 3. The van der Waals surface area contributed by atoms with E-state index in [9.17, 15) is 4.79 Å². The van der Waals surface area contributed by atoms with E-state index >= 15 is 0 Å². The van der Waals surface area contributed by atoms with Crippen molar-refractivity contribution in [2.75, 3.05) is 5.32 Å². The summed E-state index contributed by atoms with van der Waals surface area (Å²) in [6.07, 6.45) is 0. The fourth-order valence-electron chi connectivity index (χ4n) is 1.59. The lowest BCUT2D eigenvalue weighted by Crippen LogP contribution is -2.14. The molecule has 0 saturated heterocycles. The van der Waals surface area contributed by atoms with E-state index in [1.54, 1.807) is 42.5 Å². The van der Waals surface area contributed by atoms with E-state index in [4.69, 9.17) is 41.2 Å². The average molecular weight is 325 g/mol. The van der Waals surface area contributed by atoms with Crippen LogP contribution >= 0.6 is 35.4 Å². The standard InChI is InChI=1S/C14H10Cl2N2OS/c15-10-2-1-3-11(16)12(10)18-14(19)9-6-4-8(5-7-9)13(17)20/h1-7H,(H2,17,20)(H,18,19). The molecule has 1 amide bonds. The highest BCUT2D eigenvalue weighted by Crippen LogP contribution is 2.30. The molecule has 20 heavy (non-hydrogen) atoms. The molecule has 0 unspecified atom stereocenters. The van der Waals surface area contributed by atoms with Crippen molar-refractivity contribution in [3.63, 3.8) is 0 Å². The Balaban J connectivity index is 2.22. The van der Waals surface area contributed by atoms with Crippen molar-refractivity contribution in [3.05, 3.63) is 63.6 Å². The maximum absolute atomic E-state index is 12.1. The number of nitrogens with two attached hydrogens (primary N) is 1. The van der Waals surface area contributed by atoms with Crippen molar-refractivity contribution in [1.29, 1.82) is 0 Å². The molecule has 2 aromatic carbocycles. The second-order valence-corrected chi connectivity index (χ2v) is 5.25. The number of benzene rings is 2. The van der Waals surface area contributed by atoms with E-state index in [1.807, 2.05) is 0 Å². The van der Waals surface area contributed by atoms with Gasteiger partial charge in [-0.1, -0.05) is 53.6 Å². The molecule has 0 fully saturated rings. The molecule has 0 atom stereocenters. The second kappa shape index (κ2) is 6.22. The zero-order valence-corrected chi connectivity index (χ0v) is 12.5. The highest BCUT2D eigenvalue weighted by atomic mass is 35.5. The van der Waals surface area contributed by atoms with Crippen LogP contribution in [0.2, 0.25) is 10.0 Å². The number of hydrogen-bond donors (Lipinski definition) is 2. The summed E-state index contributed by atoms with van der Waals surface area (Å²) in [4.78, 5) is 12.4. The first-order valence-electron chi connectivity index (χ1n) is 5.64. The fraction of sp³-hybridized carbons (Fsp3) is 0. The van der Waals surface area contributed by atoms with Crippen molar-refractivity contribution < 1.29 is 4.79 Å². The summed E-state index contributed by atoms with van der Waals surface area (Å²) in [6.45, 7) is 0. The SMILES string of the molecule is NC(=S)c1ccc(C(=O)Nc2c(Cl)cccc2Cl)cc1. The molecule has 0 radical (unpaired) electrons. The molecule has 2 rings (SSSR count). The molecule has 3 nitrogen and oxygen atoms in total. The highest BCUT2D eigenvalue weighted by molar-refractivity contribution is 7.80. The van der Waals surface area contributed by atoms with Gasteiger partial charge in [0, 0.05) is 11.1 Å². The Morgan fingerprint density at radius 2 is 1.50 bits per heavy atom. The molecule has 0 aliphatic heterocycles. The summed E-state index contributed by atoms with van der Waals surface area (Å²) < 4.78 is 0. The van der Waals surface area contributed by atoms with Crippen molar-refractivity contribution in [3.8, 4) is 0 Å². The molecule has 0 heterocycles. The molecule has 0 bridgehead atoms. The number of carbonyl (C=O) groups excluding carboxylic acids is 1. The largest absolute Gasteiger partial charge is 0.389 e. The Bertz CT molecular complexity index is 651. The normalized spacial score (nSPS) is 10.1. The number of halogens is 2. The van der Waals surface area contributed by atoms with Crippen molar-refractivity contribution in [1.82, 2.24) is 0 Å². The zero-order chi connectivity index (χ0) is 14.7. The molecular weight excluding hydrogens is 315 g/mol. The minimum absolute atomic E-state index is 0.283. The Kier molecular flexibility index (Phi) is 4.60.